The summed E-state index contributed by atoms with van der Waals surface area (Å²) in [7, 11) is 1.52. The minimum absolute atomic E-state index is 0.135. The largest absolute Gasteiger partial charge is 0.497 e. The van der Waals surface area contributed by atoms with E-state index in [1.165, 1.54) is 26.4 Å². The standard InChI is InChI=1S/C21H28N2O5/c1-27-17-9-4-7-16(12-17)21(26)22-13-20(25)28-14-19(24)23-11-5-8-15-6-2-3-10-18(15)23/h4,7,9,12,15,18H,2-3,5-6,8,10-11,13-14H2,1H3,(H,22,26)/t15-,18-/m0/s1. The van der Waals surface area contributed by atoms with E-state index >= 15 is 0 Å². The molecule has 152 valence electrons. The molecule has 7 nitrogen and oxygen atoms in total. The van der Waals surface area contributed by atoms with Gasteiger partial charge in [0.25, 0.3) is 11.8 Å². The molecule has 7 heteroatoms. The average molecular weight is 388 g/mol. The Bertz CT molecular complexity index is 719. The van der Waals surface area contributed by atoms with E-state index in [1.54, 1.807) is 24.3 Å². The van der Waals surface area contributed by atoms with E-state index in [0.717, 1.165) is 25.8 Å². The molecule has 3 rings (SSSR count). The Morgan fingerprint density at radius 2 is 1.93 bits per heavy atom. The number of nitrogens with one attached hydrogen (secondary N) is 1. The lowest BCUT2D eigenvalue weighted by atomic mass is 9.78. The predicted molar refractivity (Wildman–Crippen MR) is 103 cm³/mol. The maximum absolute atomic E-state index is 12.5. The normalized spacial score (nSPS) is 21.4. The highest BCUT2D eigenvalue weighted by Gasteiger charge is 2.35. The van der Waals surface area contributed by atoms with Crippen LogP contribution in [0.3, 0.4) is 0 Å². The summed E-state index contributed by atoms with van der Waals surface area (Å²) in [6, 6.07) is 6.93. The van der Waals surface area contributed by atoms with Crippen LogP contribution >= 0.6 is 0 Å². The fourth-order valence-corrected chi connectivity index (χ4v) is 4.23. The van der Waals surface area contributed by atoms with Crippen molar-refractivity contribution in [1.82, 2.24) is 10.2 Å². The number of carbonyl (C=O) groups is 3. The molecule has 0 bridgehead atoms. The molecular weight excluding hydrogens is 360 g/mol. The number of fused-ring (bicyclic) bond motifs is 1. The van der Waals surface area contributed by atoms with Crippen LogP contribution < -0.4 is 10.1 Å². The maximum atomic E-state index is 12.5. The van der Waals surface area contributed by atoms with Crippen LogP contribution in [0.15, 0.2) is 24.3 Å². The lowest BCUT2D eigenvalue weighted by molar-refractivity contribution is -0.154. The quantitative estimate of drug-likeness (QED) is 0.755. The molecule has 1 aromatic carbocycles. The highest BCUT2D eigenvalue weighted by atomic mass is 16.5. The molecule has 28 heavy (non-hydrogen) atoms. The highest BCUT2D eigenvalue weighted by molar-refractivity contribution is 5.96. The van der Waals surface area contributed by atoms with Crippen LogP contribution in [-0.2, 0) is 14.3 Å². The number of hydrogen-bond donors (Lipinski definition) is 1. The summed E-state index contributed by atoms with van der Waals surface area (Å²) in [5.74, 6) is -0.0122. The number of methoxy groups -OCH3 is 1. The number of hydrogen-bond acceptors (Lipinski definition) is 5. The van der Waals surface area contributed by atoms with Crippen molar-refractivity contribution in [1.29, 1.82) is 0 Å². The van der Waals surface area contributed by atoms with Crippen LogP contribution in [-0.4, -0.2) is 55.5 Å². The summed E-state index contributed by atoms with van der Waals surface area (Å²) in [6.07, 6.45) is 6.82. The molecule has 2 aliphatic rings. The summed E-state index contributed by atoms with van der Waals surface area (Å²) < 4.78 is 10.2. The molecule has 0 radical (unpaired) electrons. The van der Waals surface area contributed by atoms with Gasteiger partial charge in [-0.1, -0.05) is 18.9 Å². The van der Waals surface area contributed by atoms with Gasteiger partial charge in [-0.2, -0.15) is 0 Å². The van der Waals surface area contributed by atoms with Crippen LogP contribution in [0.2, 0.25) is 0 Å². The Kier molecular flexibility index (Phi) is 6.90. The van der Waals surface area contributed by atoms with Gasteiger partial charge in [-0.3, -0.25) is 14.4 Å². The molecule has 0 spiro atoms. The maximum Gasteiger partial charge on any atom is 0.325 e. The van der Waals surface area contributed by atoms with Crippen molar-refractivity contribution in [3.8, 4) is 5.75 Å². The summed E-state index contributed by atoms with van der Waals surface area (Å²) in [4.78, 5) is 38.5. The van der Waals surface area contributed by atoms with Gasteiger partial charge >= 0.3 is 5.97 Å². The van der Waals surface area contributed by atoms with E-state index in [9.17, 15) is 14.4 Å². The second-order valence-corrected chi connectivity index (χ2v) is 7.42. The molecule has 0 aromatic heterocycles. The second-order valence-electron chi connectivity index (χ2n) is 7.42. The average Bonchev–Trinajstić information content (AvgIpc) is 2.75. The van der Waals surface area contributed by atoms with E-state index < -0.39 is 11.9 Å². The first-order chi connectivity index (χ1) is 13.6. The number of benzene rings is 1. The number of piperidine rings is 1. The first kappa shape index (κ1) is 20.2. The van der Waals surface area contributed by atoms with Gasteiger partial charge in [-0.25, -0.2) is 0 Å². The summed E-state index contributed by atoms with van der Waals surface area (Å²) in [5.41, 5.74) is 0.389. The molecule has 2 fully saturated rings. The summed E-state index contributed by atoms with van der Waals surface area (Å²) >= 11 is 0. The number of amides is 2. The molecule has 0 unspecified atom stereocenters. The molecule has 1 aliphatic carbocycles. The minimum Gasteiger partial charge on any atom is -0.497 e. The zero-order valence-corrected chi connectivity index (χ0v) is 16.3. The van der Waals surface area contributed by atoms with Crippen molar-refractivity contribution < 1.29 is 23.9 Å². The Morgan fingerprint density at radius 3 is 2.75 bits per heavy atom. The zero-order valence-electron chi connectivity index (χ0n) is 16.3. The molecule has 1 saturated heterocycles. The van der Waals surface area contributed by atoms with Crippen molar-refractivity contribution in [3.05, 3.63) is 29.8 Å². The van der Waals surface area contributed by atoms with E-state index in [1.807, 2.05) is 4.90 Å². The van der Waals surface area contributed by atoms with Gasteiger partial charge in [0.15, 0.2) is 6.61 Å². The van der Waals surface area contributed by atoms with Crippen molar-refractivity contribution in [3.63, 3.8) is 0 Å². The van der Waals surface area contributed by atoms with Gasteiger partial charge in [0, 0.05) is 18.2 Å². The van der Waals surface area contributed by atoms with Gasteiger partial charge in [0.05, 0.1) is 7.11 Å². The number of likely N-dealkylation sites (tertiary alicyclic amines) is 1. The Balaban J connectivity index is 1.43. The molecule has 1 N–H and O–H groups in total. The summed E-state index contributed by atoms with van der Waals surface area (Å²) in [6.45, 7) is 0.191. The first-order valence-electron chi connectivity index (χ1n) is 9.96. The molecule has 2 amide bonds. The smallest absolute Gasteiger partial charge is 0.325 e. The predicted octanol–water partition coefficient (Wildman–Crippen LogP) is 2.15. The van der Waals surface area contributed by atoms with Crippen molar-refractivity contribution in [2.24, 2.45) is 5.92 Å². The topological polar surface area (TPSA) is 84.9 Å². The van der Waals surface area contributed by atoms with Crippen molar-refractivity contribution in [2.75, 3.05) is 26.8 Å². The third-order valence-electron chi connectivity index (χ3n) is 5.65. The van der Waals surface area contributed by atoms with Crippen LogP contribution in [0, 0.1) is 5.92 Å². The van der Waals surface area contributed by atoms with E-state index in [4.69, 9.17) is 9.47 Å². The van der Waals surface area contributed by atoms with Gasteiger partial charge in [0.1, 0.15) is 12.3 Å². The van der Waals surface area contributed by atoms with Gasteiger partial charge in [-0.05, 0) is 49.8 Å². The van der Waals surface area contributed by atoms with Gasteiger partial charge in [0.2, 0.25) is 0 Å². The van der Waals surface area contributed by atoms with Gasteiger partial charge in [-0.15, -0.1) is 0 Å². The molecule has 1 aliphatic heterocycles. The van der Waals surface area contributed by atoms with Crippen molar-refractivity contribution in [2.45, 2.75) is 44.6 Å². The fourth-order valence-electron chi connectivity index (χ4n) is 4.23. The van der Waals surface area contributed by atoms with E-state index in [-0.39, 0.29) is 19.1 Å². The Morgan fingerprint density at radius 1 is 1.14 bits per heavy atom. The van der Waals surface area contributed by atoms with Crippen LogP contribution in [0.5, 0.6) is 5.75 Å². The van der Waals surface area contributed by atoms with E-state index in [0.29, 0.717) is 23.3 Å². The van der Waals surface area contributed by atoms with Gasteiger partial charge < -0.3 is 19.7 Å². The fraction of sp³-hybridized carbons (Fsp3) is 0.571. The molecule has 1 saturated carbocycles. The van der Waals surface area contributed by atoms with Crippen LogP contribution in [0.1, 0.15) is 48.9 Å². The number of carbonyl (C=O) groups excluding carboxylic acids is 3. The first-order valence-corrected chi connectivity index (χ1v) is 9.96. The molecule has 1 aromatic rings. The third-order valence-corrected chi connectivity index (χ3v) is 5.65. The molecule has 2 atom stereocenters. The monoisotopic (exact) mass is 388 g/mol. The lowest BCUT2D eigenvalue weighted by Gasteiger charge is -2.44. The zero-order chi connectivity index (χ0) is 19.9. The summed E-state index contributed by atoms with van der Waals surface area (Å²) in [5, 5.41) is 2.50. The van der Waals surface area contributed by atoms with Crippen LogP contribution in [0.4, 0.5) is 0 Å². The number of rotatable bonds is 6. The second kappa shape index (κ2) is 9.57. The number of nitrogens with zero attached hydrogens (tertiary/aromatic N) is 1. The molecule has 1 heterocycles. The Labute approximate surface area is 165 Å². The highest BCUT2D eigenvalue weighted by Crippen LogP contribution is 2.35. The third kappa shape index (κ3) is 5.03. The van der Waals surface area contributed by atoms with Crippen molar-refractivity contribution >= 4 is 17.8 Å². The van der Waals surface area contributed by atoms with Crippen LogP contribution in [0.25, 0.3) is 0 Å². The van der Waals surface area contributed by atoms with E-state index in [2.05, 4.69) is 5.32 Å². The minimum atomic E-state index is -0.623. The molecular formula is C21H28N2O5. The number of ether oxygens (including phenoxy) is 2. The number of esters is 1. The Hall–Kier alpha value is -2.57. The SMILES string of the molecule is COc1cccc(C(=O)NCC(=O)OCC(=O)N2CCC[C@@H]3CCCC[C@@H]32)c1. The lowest BCUT2D eigenvalue weighted by Crippen LogP contribution is -2.51.